The second-order valence-corrected chi connectivity index (χ2v) is 6.19. The number of rotatable bonds is 7. The number of anilines is 1. The lowest BCUT2D eigenvalue weighted by atomic mass is 10.1. The number of pyridine rings is 1. The molecular weight excluding hydrogens is 359 g/mol. The normalized spacial score (nSPS) is 10.2. The second kappa shape index (κ2) is 10.9. The van der Waals surface area contributed by atoms with Gasteiger partial charge in [-0.05, 0) is 37.6 Å². The summed E-state index contributed by atoms with van der Waals surface area (Å²) in [7, 11) is 0. The average molecular weight is 385 g/mol. The fraction of sp³-hybridized carbons (Fsp3) is 0.333. The molecule has 0 unspecified atom stereocenters. The topological polar surface area (TPSA) is 71.2 Å². The van der Waals surface area contributed by atoms with Crippen LogP contribution in [0.4, 0.5) is 5.69 Å². The molecule has 0 aliphatic rings. The summed E-state index contributed by atoms with van der Waals surface area (Å²) in [5.74, 6) is -0.0480. The molecule has 1 aromatic heterocycles. The summed E-state index contributed by atoms with van der Waals surface area (Å²) < 4.78 is 0. The van der Waals surface area contributed by atoms with Gasteiger partial charge in [0.05, 0.1) is 6.54 Å². The lowest BCUT2D eigenvalue weighted by Crippen LogP contribution is -2.51. The van der Waals surface area contributed by atoms with Gasteiger partial charge in [0, 0.05) is 36.7 Å². The summed E-state index contributed by atoms with van der Waals surface area (Å²) in [6.07, 6.45) is 3.56. The Labute approximate surface area is 161 Å². The number of aromatic nitrogens is 1. The zero-order valence-corrected chi connectivity index (χ0v) is 16.1. The fourth-order valence-electron chi connectivity index (χ4n) is 2.23. The van der Waals surface area contributed by atoms with Crippen molar-refractivity contribution >= 4 is 36.4 Å². The summed E-state index contributed by atoms with van der Waals surface area (Å²) in [5, 5.41) is 2.97. The molecule has 0 saturated heterocycles. The molecule has 0 bridgehead atoms. The van der Waals surface area contributed by atoms with Crippen LogP contribution in [0.5, 0.6) is 0 Å². The molecule has 0 saturated carbocycles. The summed E-state index contributed by atoms with van der Waals surface area (Å²) in [6, 6.07) is 13.8. The Morgan fingerprint density at radius 1 is 1.16 bits per heavy atom. The molecule has 1 amide bonds. The minimum Gasteiger partial charge on any atom is -0.358 e. The monoisotopic (exact) mass is 384 g/mol. The molecule has 0 spiro atoms. The van der Waals surface area contributed by atoms with Crippen LogP contribution in [0.25, 0.3) is 0 Å². The highest BCUT2D eigenvalue weighted by atomic mass is 35.5. The van der Waals surface area contributed by atoms with Gasteiger partial charge in [0.1, 0.15) is 0 Å². The average Bonchev–Trinajstić information content (AvgIpc) is 2.55. The number of hydrogen-bond donors (Lipinski definition) is 2. The van der Waals surface area contributed by atoms with E-state index in [-0.39, 0.29) is 37.3 Å². The van der Waals surface area contributed by atoms with Gasteiger partial charge in [-0.25, -0.2) is 0 Å². The molecule has 138 valence electrons. The highest BCUT2D eigenvalue weighted by molar-refractivity contribution is 5.85. The molecule has 25 heavy (non-hydrogen) atoms. The summed E-state index contributed by atoms with van der Waals surface area (Å²) in [6.45, 7) is 5.11. The lowest BCUT2D eigenvalue weighted by Gasteiger charge is -2.28. The Morgan fingerprint density at radius 3 is 2.40 bits per heavy atom. The van der Waals surface area contributed by atoms with Gasteiger partial charge in [0.2, 0.25) is 5.91 Å². The minimum atomic E-state index is -0.409. The third-order valence-corrected chi connectivity index (χ3v) is 3.54. The van der Waals surface area contributed by atoms with Crippen LogP contribution >= 0.6 is 24.8 Å². The first kappa shape index (κ1) is 23.2. The number of benzene rings is 1. The van der Waals surface area contributed by atoms with Crippen molar-refractivity contribution in [2.45, 2.75) is 25.9 Å². The number of halogens is 2. The molecule has 5 nitrogen and oxygen atoms in total. The molecular formula is C18H26Cl2N4O. The van der Waals surface area contributed by atoms with E-state index >= 15 is 0 Å². The van der Waals surface area contributed by atoms with E-state index in [1.165, 1.54) is 0 Å². The standard InChI is InChI=1S/C18H24N4O.2ClH/c1-18(2,14-19)21-17(23)13-22(16-8-4-3-5-9-16)12-15-7-6-10-20-11-15;;/h3-11H,12-14,19H2,1-2H3,(H,21,23);2*1H. The Hall–Kier alpha value is -1.82. The highest BCUT2D eigenvalue weighted by Gasteiger charge is 2.20. The first-order chi connectivity index (χ1) is 11.0. The maximum absolute atomic E-state index is 12.4. The molecule has 3 N–H and O–H groups in total. The van der Waals surface area contributed by atoms with Crippen LogP contribution < -0.4 is 16.0 Å². The number of nitrogens with two attached hydrogens (primary N) is 1. The van der Waals surface area contributed by atoms with E-state index in [0.29, 0.717) is 13.1 Å². The SMILES string of the molecule is CC(C)(CN)NC(=O)CN(Cc1cccnc1)c1ccccc1.Cl.Cl. The van der Waals surface area contributed by atoms with Gasteiger partial charge in [0.15, 0.2) is 0 Å². The number of para-hydroxylation sites is 1. The van der Waals surface area contributed by atoms with Crippen molar-refractivity contribution in [1.82, 2.24) is 10.3 Å². The van der Waals surface area contributed by atoms with E-state index in [0.717, 1.165) is 11.3 Å². The summed E-state index contributed by atoms with van der Waals surface area (Å²) in [4.78, 5) is 18.5. The molecule has 2 rings (SSSR count). The highest BCUT2D eigenvalue weighted by Crippen LogP contribution is 2.16. The smallest absolute Gasteiger partial charge is 0.239 e. The van der Waals surface area contributed by atoms with Crippen LogP contribution in [0.15, 0.2) is 54.9 Å². The first-order valence-corrected chi connectivity index (χ1v) is 7.70. The molecule has 0 aliphatic carbocycles. The van der Waals surface area contributed by atoms with Crippen molar-refractivity contribution < 1.29 is 4.79 Å². The number of amides is 1. The Morgan fingerprint density at radius 2 is 1.84 bits per heavy atom. The fourth-order valence-corrected chi connectivity index (χ4v) is 2.23. The lowest BCUT2D eigenvalue weighted by molar-refractivity contribution is -0.121. The van der Waals surface area contributed by atoms with Gasteiger partial charge in [-0.2, -0.15) is 0 Å². The second-order valence-electron chi connectivity index (χ2n) is 6.19. The Kier molecular flexibility index (Phi) is 10.1. The van der Waals surface area contributed by atoms with E-state index in [1.807, 2.05) is 67.4 Å². The molecule has 0 atom stereocenters. The molecule has 0 fully saturated rings. The van der Waals surface area contributed by atoms with Gasteiger partial charge >= 0.3 is 0 Å². The zero-order chi connectivity index (χ0) is 16.7. The van der Waals surface area contributed by atoms with E-state index < -0.39 is 5.54 Å². The predicted molar refractivity (Wildman–Crippen MR) is 108 cm³/mol. The summed E-state index contributed by atoms with van der Waals surface area (Å²) in [5.41, 5.74) is 7.33. The molecule has 0 aliphatic heterocycles. The van der Waals surface area contributed by atoms with E-state index in [9.17, 15) is 4.79 Å². The molecule has 1 aromatic carbocycles. The van der Waals surface area contributed by atoms with E-state index in [1.54, 1.807) is 6.20 Å². The maximum atomic E-state index is 12.4. The summed E-state index contributed by atoms with van der Waals surface area (Å²) >= 11 is 0. The Balaban J connectivity index is 0.00000288. The maximum Gasteiger partial charge on any atom is 0.239 e. The predicted octanol–water partition coefficient (Wildman–Crippen LogP) is 2.79. The van der Waals surface area contributed by atoms with Crippen molar-refractivity contribution in [2.24, 2.45) is 5.73 Å². The first-order valence-electron chi connectivity index (χ1n) is 7.70. The Bertz CT molecular complexity index is 623. The number of nitrogens with zero attached hydrogens (tertiary/aromatic N) is 2. The van der Waals surface area contributed by atoms with Crippen molar-refractivity contribution in [3.63, 3.8) is 0 Å². The zero-order valence-electron chi connectivity index (χ0n) is 14.5. The van der Waals surface area contributed by atoms with Crippen LogP contribution in [-0.4, -0.2) is 29.5 Å². The molecule has 7 heteroatoms. The molecule has 2 aromatic rings. The van der Waals surface area contributed by atoms with Crippen LogP contribution in [0.1, 0.15) is 19.4 Å². The van der Waals surface area contributed by atoms with Crippen molar-refractivity contribution in [1.29, 1.82) is 0 Å². The molecule has 0 radical (unpaired) electrons. The van der Waals surface area contributed by atoms with Crippen LogP contribution in [0.3, 0.4) is 0 Å². The van der Waals surface area contributed by atoms with Crippen LogP contribution in [0, 0.1) is 0 Å². The van der Waals surface area contributed by atoms with Gasteiger partial charge < -0.3 is 16.0 Å². The van der Waals surface area contributed by atoms with Gasteiger partial charge in [-0.15, -0.1) is 24.8 Å². The quantitative estimate of drug-likeness (QED) is 0.769. The van der Waals surface area contributed by atoms with Crippen LogP contribution in [0.2, 0.25) is 0 Å². The molecule has 1 heterocycles. The van der Waals surface area contributed by atoms with Crippen LogP contribution in [-0.2, 0) is 11.3 Å². The number of hydrogen-bond acceptors (Lipinski definition) is 4. The van der Waals surface area contributed by atoms with Gasteiger partial charge in [-0.3, -0.25) is 9.78 Å². The van der Waals surface area contributed by atoms with Crippen molar-refractivity contribution in [3.05, 3.63) is 60.4 Å². The number of carbonyl (C=O) groups excluding carboxylic acids is 1. The van der Waals surface area contributed by atoms with E-state index in [2.05, 4.69) is 10.3 Å². The number of nitrogens with one attached hydrogen (secondary N) is 1. The van der Waals surface area contributed by atoms with Crippen molar-refractivity contribution in [3.8, 4) is 0 Å². The number of carbonyl (C=O) groups is 1. The third kappa shape index (κ3) is 7.73. The third-order valence-electron chi connectivity index (χ3n) is 3.54. The van der Waals surface area contributed by atoms with E-state index in [4.69, 9.17) is 5.73 Å². The largest absolute Gasteiger partial charge is 0.358 e. The minimum absolute atomic E-state index is 0. The van der Waals surface area contributed by atoms with Crippen molar-refractivity contribution in [2.75, 3.05) is 18.0 Å². The van der Waals surface area contributed by atoms with Gasteiger partial charge in [-0.1, -0.05) is 24.3 Å². The van der Waals surface area contributed by atoms with Gasteiger partial charge in [0.25, 0.3) is 0 Å².